The Hall–Kier alpha value is -1.36. The Balaban J connectivity index is 1.56. The Morgan fingerprint density at radius 2 is 1.76 bits per heavy atom. The molecule has 3 nitrogen and oxygen atoms in total. The van der Waals surface area contributed by atoms with Crippen LogP contribution in [0.5, 0.6) is 0 Å². The van der Waals surface area contributed by atoms with Crippen LogP contribution in [0.25, 0.3) is 0 Å². The van der Waals surface area contributed by atoms with Gasteiger partial charge in [-0.05, 0) is 36.1 Å². The molecule has 0 saturated carbocycles. The van der Waals surface area contributed by atoms with Crippen molar-refractivity contribution in [3.05, 3.63) is 64.1 Å². The summed E-state index contributed by atoms with van der Waals surface area (Å²) in [6.45, 7) is 7.55. The molecule has 0 amide bonds. The summed E-state index contributed by atoms with van der Waals surface area (Å²) in [7, 11) is 0. The largest absolute Gasteiger partial charge is 0.369 e. The summed E-state index contributed by atoms with van der Waals surface area (Å²) in [4.78, 5) is 5.02. The Bertz CT molecular complexity index is 666. The van der Waals surface area contributed by atoms with Gasteiger partial charge >= 0.3 is 0 Å². The van der Waals surface area contributed by atoms with Gasteiger partial charge in [0, 0.05) is 48.9 Å². The molecule has 0 aromatic heterocycles. The molecule has 1 aliphatic rings. The van der Waals surface area contributed by atoms with Crippen LogP contribution in [-0.2, 0) is 13.0 Å². The van der Waals surface area contributed by atoms with Crippen molar-refractivity contribution in [2.75, 3.05) is 31.1 Å². The van der Waals surface area contributed by atoms with E-state index in [1.807, 2.05) is 0 Å². The fourth-order valence-electron chi connectivity index (χ4n) is 3.33. The van der Waals surface area contributed by atoms with Gasteiger partial charge in [-0.2, -0.15) is 0 Å². The number of hydrogen-bond donors (Lipinski definition) is 1. The summed E-state index contributed by atoms with van der Waals surface area (Å²) in [6, 6.07) is 17.7. The number of halogens is 1. The molecule has 0 bridgehead atoms. The molecule has 2 N–H and O–H groups in total. The third-order valence-corrected chi connectivity index (χ3v) is 5.77. The number of benzene rings is 2. The quantitative estimate of drug-likeness (QED) is 0.791. The van der Waals surface area contributed by atoms with Gasteiger partial charge in [0.25, 0.3) is 0 Å². The highest BCUT2D eigenvalue weighted by Crippen LogP contribution is 2.26. The van der Waals surface area contributed by atoms with Crippen LogP contribution in [0.4, 0.5) is 5.69 Å². The van der Waals surface area contributed by atoms with E-state index in [2.05, 4.69) is 81.2 Å². The van der Waals surface area contributed by atoms with Gasteiger partial charge in [-0.25, -0.2) is 0 Å². The lowest BCUT2D eigenvalue weighted by molar-refractivity contribution is 0.250. The fourth-order valence-corrected chi connectivity index (χ4v) is 3.86. The van der Waals surface area contributed by atoms with Gasteiger partial charge in [0.15, 0.2) is 0 Å². The minimum atomic E-state index is 0.240. The lowest BCUT2D eigenvalue weighted by Crippen LogP contribution is -2.46. The zero-order chi connectivity index (χ0) is 17.6. The van der Waals surface area contributed by atoms with E-state index >= 15 is 0 Å². The van der Waals surface area contributed by atoms with Crippen LogP contribution in [-0.4, -0.2) is 37.1 Å². The number of nitrogens with two attached hydrogens (primary N) is 1. The fraction of sp³-hybridized carbons (Fsp3) is 0.429. The van der Waals surface area contributed by atoms with Crippen LogP contribution in [0, 0.1) is 0 Å². The molecule has 2 aromatic rings. The van der Waals surface area contributed by atoms with E-state index in [0.29, 0.717) is 0 Å². The van der Waals surface area contributed by atoms with Crippen molar-refractivity contribution in [1.82, 2.24) is 4.90 Å². The summed E-state index contributed by atoms with van der Waals surface area (Å²) < 4.78 is 1.18. The first kappa shape index (κ1) is 18.4. The summed E-state index contributed by atoms with van der Waals surface area (Å²) in [5, 5.41) is 0. The summed E-state index contributed by atoms with van der Waals surface area (Å²) in [6.07, 6.45) is 1.94. The molecule has 3 rings (SSSR count). The molecule has 1 unspecified atom stereocenters. The zero-order valence-electron chi connectivity index (χ0n) is 15.0. The molecule has 2 aromatic carbocycles. The molecule has 0 spiro atoms. The highest BCUT2D eigenvalue weighted by molar-refractivity contribution is 9.10. The van der Waals surface area contributed by atoms with E-state index in [1.165, 1.54) is 21.3 Å². The van der Waals surface area contributed by atoms with Gasteiger partial charge < -0.3 is 10.6 Å². The van der Waals surface area contributed by atoms with Crippen LogP contribution in [0.1, 0.15) is 24.5 Å². The second-order valence-electron chi connectivity index (χ2n) is 6.90. The first-order valence-corrected chi connectivity index (χ1v) is 10.00. The topological polar surface area (TPSA) is 32.5 Å². The molecule has 134 valence electrons. The van der Waals surface area contributed by atoms with Crippen LogP contribution < -0.4 is 10.6 Å². The maximum atomic E-state index is 6.10. The number of nitrogens with zero attached hydrogens (tertiary/aromatic N) is 2. The van der Waals surface area contributed by atoms with Crippen molar-refractivity contribution in [3.63, 3.8) is 0 Å². The van der Waals surface area contributed by atoms with E-state index < -0.39 is 0 Å². The van der Waals surface area contributed by atoms with Crippen LogP contribution in [0.15, 0.2) is 53.0 Å². The molecule has 1 atom stereocenters. The SMILES string of the molecule is CCC(N)Cc1ccc(N2CCN(Cc3ccccc3)CC2)cc1Br. The molecule has 25 heavy (non-hydrogen) atoms. The van der Waals surface area contributed by atoms with Crippen LogP contribution >= 0.6 is 15.9 Å². The zero-order valence-corrected chi connectivity index (χ0v) is 16.6. The Morgan fingerprint density at radius 3 is 2.40 bits per heavy atom. The molecule has 1 heterocycles. The average Bonchev–Trinajstić information content (AvgIpc) is 2.65. The second kappa shape index (κ2) is 8.84. The Morgan fingerprint density at radius 1 is 1.04 bits per heavy atom. The average molecular weight is 402 g/mol. The second-order valence-corrected chi connectivity index (χ2v) is 7.75. The van der Waals surface area contributed by atoms with E-state index in [1.54, 1.807) is 0 Å². The van der Waals surface area contributed by atoms with Crippen molar-refractivity contribution in [2.24, 2.45) is 5.73 Å². The third-order valence-electron chi connectivity index (χ3n) is 5.03. The van der Waals surface area contributed by atoms with Gasteiger partial charge in [0.05, 0.1) is 0 Å². The summed E-state index contributed by atoms with van der Waals surface area (Å²) in [5.41, 5.74) is 10.1. The number of piperazine rings is 1. The van der Waals surface area contributed by atoms with E-state index in [-0.39, 0.29) is 6.04 Å². The Labute approximate surface area is 159 Å². The van der Waals surface area contributed by atoms with Gasteiger partial charge in [-0.15, -0.1) is 0 Å². The summed E-state index contributed by atoms with van der Waals surface area (Å²) >= 11 is 3.73. The van der Waals surface area contributed by atoms with E-state index in [0.717, 1.165) is 45.6 Å². The molecule has 1 saturated heterocycles. The molecule has 4 heteroatoms. The summed E-state index contributed by atoms with van der Waals surface area (Å²) in [5.74, 6) is 0. The predicted octanol–water partition coefficient (Wildman–Crippen LogP) is 4.05. The molecular formula is C21H28BrN3. The number of anilines is 1. The molecule has 1 aliphatic heterocycles. The number of rotatable bonds is 6. The monoisotopic (exact) mass is 401 g/mol. The van der Waals surface area contributed by atoms with Crippen molar-refractivity contribution < 1.29 is 0 Å². The van der Waals surface area contributed by atoms with E-state index in [9.17, 15) is 0 Å². The minimum Gasteiger partial charge on any atom is -0.369 e. The van der Waals surface area contributed by atoms with Gasteiger partial charge in [-0.3, -0.25) is 4.90 Å². The van der Waals surface area contributed by atoms with Crippen molar-refractivity contribution in [1.29, 1.82) is 0 Å². The smallest absolute Gasteiger partial charge is 0.0378 e. The number of hydrogen-bond acceptors (Lipinski definition) is 3. The standard InChI is InChI=1S/C21H28BrN3/c1-2-19(23)14-18-8-9-20(15-21(18)22)25-12-10-24(11-13-25)16-17-6-4-3-5-7-17/h3-9,15,19H,2,10-14,16,23H2,1H3. The first-order chi connectivity index (χ1) is 12.2. The molecule has 0 radical (unpaired) electrons. The maximum absolute atomic E-state index is 6.10. The lowest BCUT2D eigenvalue weighted by atomic mass is 10.0. The van der Waals surface area contributed by atoms with Crippen LogP contribution in [0.3, 0.4) is 0 Å². The lowest BCUT2D eigenvalue weighted by Gasteiger charge is -2.36. The van der Waals surface area contributed by atoms with Crippen molar-refractivity contribution in [2.45, 2.75) is 32.4 Å². The molecule has 1 fully saturated rings. The van der Waals surface area contributed by atoms with Crippen molar-refractivity contribution in [3.8, 4) is 0 Å². The maximum Gasteiger partial charge on any atom is 0.0378 e. The van der Waals surface area contributed by atoms with Gasteiger partial charge in [-0.1, -0.05) is 59.3 Å². The highest BCUT2D eigenvalue weighted by Gasteiger charge is 2.18. The van der Waals surface area contributed by atoms with Gasteiger partial charge in [0.1, 0.15) is 0 Å². The van der Waals surface area contributed by atoms with E-state index in [4.69, 9.17) is 5.73 Å². The molecular weight excluding hydrogens is 374 g/mol. The third kappa shape index (κ3) is 5.06. The van der Waals surface area contributed by atoms with Gasteiger partial charge in [0.2, 0.25) is 0 Å². The Kier molecular flexibility index (Phi) is 6.51. The normalized spacial score (nSPS) is 16.8. The molecule has 0 aliphatic carbocycles. The highest BCUT2D eigenvalue weighted by atomic mass is 79.9. The van der Waals surface area contributed by atoms with Crippen molar-refractivity contribution >= 4 is 21.6 Å². The minimum absolute atomic E-state index is 0.240. The van der Waals surface area contributed by atoms with Crippen LogP contribution in [0.2, 0.25) is 0 Å². The predicted molar refractivity (Wildman–Crippen MR) is 110 cm³/mol. The first-order valence-electron chi connectivity index (χ1n) is 9.21.